The predicted molar refractivity (Wildman–Crippen MR) is 64.9 cm³/mol. The molecule has 1 amide bonds. The minimum absolute atomic E-state index is 0.198. The molecule has 0 spiro atoms. The van der Waals surface area contributed by atoms with E-state index in [1.165, 1.54) is 19.2 Å². The van der Waals surface area contributed by atoms with Crippen LogP contribution < -0.4 is 5.32 Å². The number of carbonyl (C=O) groups excluding carboxylic acids is 1. The summed E-state index contributed by atoms with van der Waals surface area (Å²) in [5.41, 5.74) is -0.230. The van der Waals surface area contributed by atoms with Crippen LogP contribution in [-0.4, -0.2) is 36.7 Å². The Balaban J connectivity index is 2.86. The van der Waals surface area contributed by atoms with E-state index in [2.05, 4.69) is 26.0 Å². The lowest BCUT2D eigenvalue weighted by atomic mass is 10.2. The van der Waals surface area contributed by atoms with Crippen molar-refractivity contribution in [3.63, 3.8) is 0 Å². The summed E-state index contributed by atoms with van der Waals surface area (Å²) in [6.07, 6.45) is 0. The van der Waals surface area contributed by atoms with E-state index >= 15 is 0 Å². The highest BCUT2D eigenvalue weighted by molar-refractivity contribution is 9.10. The first-order chi connectivity index (χ1) is 8.45. The Morgan fingerprint density at radius 2 is 2.22 bits per heavy atom. The van der Waals surface area contributed by atoms with Gasteiger partial charge in [-0.15, -0.1) is 0 Å². The van der Waals surface area contributed by atoms with Gasteiger partial charge < -0.3 is 15.2 Å². The van der Waals surface area contributed by atoms with Gasteiger partial charge in [0.2, 0.25) is 0 Å². The molecule has 0 saturated carbocycles. The second-order valence-electron chi connectivity index (χ2n) is 3.44. The van der Waals surface area contributed by atoms with Gasteiger partial charge >= 0.3 is 5.97 Å². The topological polar surface area (TPSA) is 75.6 Å². The molecule has 0 aliphatic heterocycles. The summed E-state index contributed by atoms with van der Waals surface area (Å²) in [6, 6.07) is 2.61. The zero-order valence-electron chi connectivity index (χ0n) is 9.44. The molecule has 0 heterocycles. The minimum atomic E-state index is -1.25. The largest absolute Gasteiger partial charge is 0.480 e. The van der Waals surface area contributed by atoms with E-state index in [0.29, 0.717) is 4.47 Å². The van der Waals surface area contributed by atoms with Crippen molar-refractivity contribution in [1.29, 1.82) is 0 Å². The van der Waals surface area contributed by atoms with Crippen LogP contribution in [0.15, 0.2) is 22.7 Å². The Morgan fingerprint density at radius 3 is 2.78 bits per heavy atom. The van der Waals surface area contributed by atoms with Gasteiger partial charge in [-0.05, 0) is 18.2 Å². The molecule has 0 saturated heterocycles. The van der Waals surface area contributed by atoms with Crippen LogP contribution in [0.2, 0.25) is 0 Å². The molecule has 1 rings (SSSR count). The van der Waals surface area contributed by atoms with E-state index in [-0.39, 0.29) is 12.2 Å². The molecule has 1 atom stereocenters. The first-order valence-electron chi connectivity index (χ1n) is 4.93. The van der Waals surface area contributed by atoms with Gasteiger partial charge in [-0.25, -0.2) is 9.18 Å². The van der Waals surface area contributed by atoms with Gasteiger partial charge in [0.15, 0.2) is 6.04 Å². The van der Waals surface area contributed by atoms with Crippen molar-refractivity contribution < 1.29 is 23.8 Å². The van der Waals surface area contributed by atoms with Crippen LogP contribution in [0.25, 0.3) is 0 Å². The Hall–Kier alpha value is -1.47. The summed E-state index contributed by atoms with van der Waals surface area (Å²) in [4.78, 5) is 22.5. The van der Waals surface area contributed by atoms with Gasteiger partial charge in [-0.1, -0.05) is 15.9 Å². The maximum Gasteiger partial charge on any atom is 0.328 e. The monoisotopic (exact) mass is 319 g/mol. The number of carboxylic acids is 1. The molecule has 1 unspecified atom stereocenters. The Kier molecular flexibility index (Phi) is 5.24. The van der Waals surface area contributed by atoms with E-state index in [4.69, 9.17) is 5.11 Å². The average molecular weight is 320 g/mol. The lowest BCUT2D eigenvalue weighted by Gasteiger charge is -2.13. The Morgan fingerprint density at radius 1 is 1.56 bits per heavy atom. The van der Waals surface area contributed by atoms with E-state index in [1.54, 1.807) is 0 Å². The number of nitrogens with one attached hydrogen (secondary N) is 1. The molecule has 0 aliphatic rings. The molecule has 0 aromatic heterocycles. The van der Waals surface area contributed by atoms with Crippen molar-refractivity contribution in [2.24, 2.45) is 0 Å². The number of hydrogen-bond donors (Lipinski definition) is 2. The first kappa shape index (κ1) is 14.6. The Labute approximate surface area is 111 Å². The summed E-state index contributed by atoms with van der Waals surface area (Å²) in [6.45, 7) is -0.198. The molecular weight excluding hydrogens is 309 g/mol. The molecule has 18 heavy (non-hydrogen) atoms. The number of benzene rings is 1. The third-order valence-electron chi connectivity index (χ3n) is 2.11. The van der Waals surface area contributed by atoms with Crippen molar-refractivity contribution in [2.75, 3.05) is 13.7 Å². The SMILES string of the molecule is COCC(NC(=O)c1cc(Br)ccc1F)C(=O)O. The van der Waals surface area contributed by atoms with E-state index in [1.807, 2.05) is 0 Å². The van der Waals surface area contributed by atoms with Gasteiger partial charge in [0.1, 0.15) is 5.82 Å². The fourth-order valence-corrected chi connectivity index (χ4v) is 1.61. The number of hydrogen-bond acceptors (Lipinski definition) is 3. The molecule has 98 valence electrons. The van der Waals surface area contributed by atoms with Crippen LogP contribution in [0.3, 0.4) is 0 Å². The van der Waals surface area contributed by atoms with Gasteiger partial charge in [-0.3, -0.25) is 4.79 Å². The highest BCUT2D eigenvalue weighted by Crippen LogP contribution is 2.15. The van der Waals surface area contributed by atoms with Crippen LogP contribution in [0, 0.1) is 5.82 Å². The molecule has 1 aromatic carbocycles. The van der Waals surface area contributed by atoms with Gasteiger partial charge in [0.25, 0.3) is 5.91 Å². The van der Waals surface area contributed by atoms with E-state index in [0.717, 1.165) is 6.07 Å². The van der Waals surface area contributed by atoms with Crippen LogP contribution >= 0.6 is 15.9 Å². The van der Waals surface area contributed by atoms with Crippen LogP contribution in [0.4, 0.5) is 4.39 Å². The van der Waals surface area contributed by atoms with Crippen molar-refractivity contribution in [3.05, 3.63) is 34.1 Å². The highest BCUT2D eigenvalue weighted by atomic mass is 79.9. The number of amides is 1. The van der Waals surface area contributed by atoms with Crippen molar-refractivity contribution in [3.8, 4) is 0 Å². The summed E-state index contributed by atoms with van der Waals surface area (Å²) in [5, 5.41) is 11.0. The number of ether oxygens (including phenoxy) is 1. The number of rotatable bonds is 5. The lowest BCUT2D eigenvalue weighted by Crippen LogP contribution is -2.44. The minimum Gasteiger partial charge on any atom is -0.480 e. The van der Waals surface area contributed by atoms with Crippen molar-refractivity contribution in [1.82, 2.24) is 5.32 Å². The molecule has 5 nitrogen and oxygen atoms in total. The first-order valence-corrected chi connectivity index (χ1v) is 5.72. The predicted octanol–water partition coefficient (Wildman–Crippen LogP) is 1.42. The summed E-state index contributed by atoms with van der Waals surface area (Å²) in [7, 11) is 1.31. The number of methoxy groups -OCH3 is 1. The third-order valence-corrected chi connectivity index (χ3v) is 2.60. The summed E-state index contributed by atoms with van der Waals surface area (Å²) >= 11 is 3.10. The van der Waals surface area contributed by atoms with E-state index in [9.17, 15) is 14.0 Å². The number of halogens is 2. The summed E-state index contributed by atoms with van der Waals surface area (Å²) < 4.78 is 18.6. The fraction of sp³-hybridized carbons (Fsp3) is 0.273. The summed E-state index contributed by atoms with van der Waals surface area (Å²) in [5.74, 6) is -2.78. The molecule has 0 bridgehead atoms. The quantitative estimate of drug-likeness (QED) is 0.860. The molecule has 7 heteroatoms. The molecule has 2 N–H and O–H groups in total. The van der Waals surface area contributed by atoms with E-state index < -0.39 is 23.7 Å². The zero-order chi connectivity index (χ0) is 13.7. The van der Waals surface area contributed by atoms with Gasteiger partial charge in [0.05, 0.1) is 12.2 Å². The zero-order valence-corrected chi connectivity index (χ0v) is 11.0. The molecule has 1 aromatic rings. The van der Waals surface area contributed by atoms with Crippen LogP contribution in [0.1, 0.15) is 10.4 Å². The van der Waals surface area contributed by atoms with Gasteiger partial charge in [-0.2, -0.15) is 0 Å². The third kappa shape index (κ3) is 3.78. The second kappa shape index (κ2) is 6.46. The lowest BCUT2D eigenvalue weighted by molar-refractivity contribution is -0.140. The molecule has 0 radical (unpaired) electrons. The molecule has 0 aliphatic carbocycles. The van der Waals surface area contributed by atoms with Crippen LogP contribution in [-0.2, 0) is 9.53 Å². The van der Waals surface area contributed by atoms with Crippen molar-refractivity contribution in [2.45, 2.75) is 6.04 Å². The number of carbonyl (C=O) groups is 2. The van der Waals surface area contributed by atoms with Gasteiger partial charge in [0, 0.05) is 11.6 Å². The standard InChI is InChI=1S/C11H11BrFNO4/c1-18-5-9(11(16)17)14-10(15)7-4-6(12)2-3-8(7)13/h2-4,9H,5H2,1H3,(H,14,15)(H,16,17). The molecule has 0 fully saturated rings. The maximum absolute atomic E-state index is 13.4. The number of aliphatic carboxylic acids is 1. The number of carboxylic acid groups (broad SMARTS) is 1. The Bertz CT molecular complexity index is 466. The highest BCUT2D eigenvalue weighted by Gasteiger charge is 2.22. The van der Waals surface area contributed by atoms with Crippen LogP contribution in [0.5, 0.6) is 0 Å². The smallest absolute Gasteiger partial charge is 0.328 e. The maximum atomic E-state index is 13.4. The second-order valence-corrected chi connectivity index (χ2v) is 4.36. The van der Waals surface area contributed by atoms with Crippen molar-refractivity contribution >= 4 is 27.8 Å². The normalized spacial score (nSPS) is 11.9. The molecular formula is C11H11BrFNO4. The average Bonchev–Trinajstić information content (AvgIpc) is 2.31. The fourth-order valence-electron chi connectivity index (χ4n) is 1.25.